The number of Topliss-reactive ketones (excluding diaryl/α,β-unsaturated/α-hetero) is 1. The van der Waals surface area contributed by atoms with Crippen LogP contribution in [0.5, 0.6) is 0 Å². The lowest BCUT2D eigenvalue weighted by Gasteiger charge is -2.15. The molecule has 7 nitrogen and oxygen atoms in total. The van der Waals surface area contributed by atoms with Crippen molar-refractivity contribution in [3.63, 3.8) is 0 Å². The van der Waals surface area contributed by atoms with Crippen molar-refractivity contribution in [2.24, 2.45) is 0 Å². The number of carbonyl (C=O) groups is 2. The second-order valence-corrected chi connectivity index (χ2v) is 8.89. The summed E-state index contributed by atoms with van der Waals surface area (Å²) in [5, 5.41) is 6.04. The van der Waals surface area contributed by atoms with Crippen LogP contribution in [0.15, 0.2) is 79.1 Å². The summed E-state index contributed by atoms with van der Waals surface area (Å²) in [5.74, 6) is -1.07. The van der Waals surface area contributed by atoms with Crippen LogP contribution in [0.25, 0.3) is 15.9 Å². The summed E-state index contributed by atoms with van der Waals surface area (Å²) in [7, 11) is 0. The minimum absolute atomic E-state index is 0.191. The number of fused-ring (bicyclic) bond motifs is 1. The molecule has 0 fully saturated rings. The average Bonchev–Trinajstić information content (AvgIpc) is 3.44. The highest BCUT2D eigenvalue weighted by Gasteiger charge is 2.30. The average molecular weight is 489 g/mol. The smallest absolute Gasteiger partial charge is 0.349 e. The summed E-state index contributed by atoms with van der Waals surface area (Å²) >= 11 is 7.25. The number of rotatable bonds is 6. The third-order valence-corrected chi connectivity index (χ3v) is 6.50. The van der Waals surface area contributed by atoms with Gasteiger partial charge in [-0.25, -0.2) is 9.48 Å². The van der Waals surface area contributed by atoms with Crippen molar-refractivity contribution in [1.82, 2.24) is 19.7 Å². The van der Waals surface area contributed by atoms with Crippen LogP contribution < -0.4 is 0 Å². The molecule has 0 aliphatic heterocycles. The van der Waals surface area contributed by atoms with Crippen molar-refractivity contribution in [2.45, 2.75) is 13.0 Å². The summed E-state index contributed by atoms with van der Waals surface area (Å²) in [4.78, 5) is 35.8. The van der Waals surface area contributed by atoms with Gasteiger partial charge in [0.1, 0.15) is 15.4 Å². The van der Waals surface area contributed by atoms with Gasteiger partial charge in [0.2, 0.25) is 11.9 Å². The Morgan fingerprint density at radius 2 is 1.74 bits per heavy atom. The number of hydrogen-bond acceptors (Lipinski definition) is 7. The molecule has 1 atom stereocenters. The maximum Gasteiger partial charge on any atom is 0.349 e. The molecule has 5 rings (SSSR count). The van der Waals surface area contributed by atoms with Crippen LogP contribution in [0.3, 0.4) is 0 Å². The predicted molar refractivity (Wildman–Crippen MR) is 130 cm³/mol. The number of carbonyl (C=O) groups excluding carboxylic acids is 2. The first-order valence-electron chi connectivity index (χ1n) is 10.3. The summed E-state index contributed by atoms with van der Waals surface area (Å²) in [6, 6.07) is 19.1. The summed E-state index contributed by atoms with van der Waals surface area (Å²) in [5.41, 5.74) is 2.11. The molecule has 0 N–H and O–H groups in total. The quantitative estimate of drug-likeness (QED) is 0.228. The topological polar surface area (TPSA) is 87.0 Å². The predicted octanol–water partition coefficient (Wildman–Crippen LogP) is 5.62. The van der Waals surface area contributed by atoms with Gasteiger partial charge in [0.05, 0.1) is 17.1 Å². The molecule has 168 valence electrons. The third kappa shape index (κ3) is 4.21. The number of benzene rings is 1. The van der Waals surface area contributed by atoms with Crippen molar-refractivity contribution in [2.75, 3.05) is 0 Å². The summed E-state index contributed by atoms with van der Waals surface area (Å²) in [6.07, 6.45) is 1.84. The molecule has 34 heavy (non-hydrogen) atoms. The van der Waals surface area contributed by atoms with Crippen LogP contribution in [-0.2, 0) is 4.74 Å². The zero-order valence-electron chi connectivity index (χ0n) is 17.9. The molecule has 0 saturated carbocycles. The largest absolute Gasteiger partial charge is 0.443 e. The van der Waals surface area contributed by atoms with Gasteiger partial charge < -0.3 is 4.74 Å². The minimum atomic E-state index is -1.22. The SMILES string of the molecule is Cc1nn(-c2ccc(Cl)cc2)c2sc(C(=O)OC(C(=O)c3ccccn3)c3ccccn3)cc12. The number of ketones is 1. The number of halogens is 1. The van der Waals surface area contributed by atoms with Gasteiger partial charge in [-0.15, -0.1) is 11.3 Å². The lowest BCUT2D eigenvalue weighted by atomic mass is 10.1. The molecule has 0 radical (unpaired) electrons. The monoisotopic (exact) mass is 488 g/mol. The van der Waals surface area contributed by atoms with Crippen molar-refractivity contribution in [3.05, 3.63) is 106 Å². The molecule has 0 aliphatic rings. The maximum atomic E-state index is 13.2. The Kier molecular flexibility index (Phi) is 5.91. The number of aryl methyl sites for hydroxylation is 1. The highest BCUT2D eigenvalue weighted by atomic mass is 35.5. The second-order valence-electron chi connectivity index (χ2n) is 7.42. The van der Waals surface area contributed by atoms with Crippen molar-refractivity contribution in [3.8, 4) is 5.69 Å². The molecule has 4 heterocycles. The Labute approximate surface area is 203 Å². The van der Waals surface area contributed by atoms with E-state index in [4.69, 9.17) is 16.3 Å². The zero-order chi connectivity index (χ0) is 23.7. The number of pyridine rings is 2. The van der Waals surface area contributed by atoms with Crippen molar-refractivity contribution in [1.29, 1.82) is 0 Å². The van der Waals surface area contributed by atoms with E-state index in [0.717, 1.165) is 21.6 Å². The fourth-order valence-corrected chi connectivity index (χ4v) is 4.68. The fraction of sp³-hybridized carbons (Fsp3) is 0.0800. The molecule has 9 heteroatoms. The van der Waals surface area contributed by atoms with Crippen LogP contribution in [-0.4, -0.2) is 31.5 Å². The Morgan fingerprint density at radius 3 is 2.41 bits per heavy atom. The second kappa shape index (κ2) is 9.17. The molecule has 0 bridgehead atoms. The van der Waals surface area contributed by atoms with Crippen LogP contribution in [0, 0.1) is 6.92 Å². The van der Waals surface area contributed by atoms with Gasteiger partial charge in [0, 0.05) is 22.8 Å². The number of hydrogen-bond donors (Lipinski definition) is 0. The molecular weight excluding hydrogens is 472 g/mol. The first kappa shape index (κ1) is 21.9. The van der Waals surface area contributed by atoms with E-state index in [9.17, 15) is 9.59 Å². The van der Waals surface area contributed by atoms with E-state index in [0.29, 0.717) is 15.6 Å². The molecule has 0 saturated heterocycles. The lowest BCUT2D eigenvalue weighted by molar-refractivity contribution is 0.0275. The molecule has 0 spiro atoms. The first-order valence-corrected chi connectivity index (χ1v) is 11.5. The van der Waals surface area contributed by atoms with Gasteiger partial charge in [0.15, 0.2) is 0 Å². The fourth-order valence-electron chi connectivity index (χ4n) is 3.49. The number of thiophene rings is 1. The maximum absolute atomic E-state index is 13.2. The number of aromatic nitrogens is 4. The summed E-state index contributed by atoms with van der Waals surface area (Å²) < 4.78 is 7.47. The Balaban J connectivity index is 1.49. The van der Waals surface area contributed by atoms with E-state index in [-0.39, 0.29) is 5.69 Å². The zero-order valence-corrected chi connectivity index (χ0v) is 19.5. The van der Waals surface area contributed by atoms with Gasteiger partial charge in [-0.3, -0.25) is 14.8 Å². The lowest BCUT2D eigenvalue weighted by Crippen LogP contribution is -2.21. The van der Waals surface area contributed by atoms with Gasteiger partial charge in [0.25, 0.3) is 0 Å². The third-order valence-electron chi connectivity index (χ3n) is 5.15. The van der Waals surface area contributed by atoms with E-state index < -0.39 is 17.9 Å². The van der Waals surface area contributed by atoms with E-state index in [1.807, 2.05) is 19.1 Å². The van der Waals surface area contributed by atoms with Gasteiger partial charge >= 0.3 is 5.97 Å². The Morgan fingerprint density at radius 1 is 1.00 bits per heavy atom. The Hall–Kier alpha value is -3.88. The molecule has 4 aromatic heterocycles. The van der Waals surface area contributed by atoms with Gasteiger partial charge in [-0.05, 0) is 61.5 Å². The standard InChI is InChI=1S/C25H17ClN4O3S/c1-15-18-14-21(34-24(18)30(29-15)17-10-8-16(26)9-11-17)25(32)33-23(20-7-3-5-13-28-20)22(31)19-6-2-4-12-27-19/h2-14,23H,1H3. The summed E-state index contributed by atoms with van der Waals surface area (Å²) in [6.45, 7) is 1.87. The number of ether oxygens (including phenoxy) is 1. The van der Waals surface area contributed by atoms with E-state index in [2.05, 4.69) is 15.1 Å². The molecule has 0 amide bonds. The highest BCUT2D eigenvalue weighted by molar-refractivity contribution is 7.20. The number of esters is 1. The van der Waals surface area contributed by atoms with Gasteiger partial charge in [-0.2, -0.15) is 5.10 Å². The molecule has 0 aliphatic carbocycles. The van der Waals surface area contributed by atoms with Crippen molar-refractivity contribution >= 4 is 44.9 Å². The van der Waals surface area contributed by atoms with E-state index in [1.165, 1.54) is 17.5 Å². The van der Waals surface area contributed by atoms with E-state index in [1.54, 1.807) is 65.5 Å². The normalized spacial score (nSPS) is 11.9. The molecular formula is C25H17ClN4O3S. The molecule has 1 aromatic carbocycles. The van der Waals surface area contributed by atoms with Crippen LogP contribution in [0.1, 0.15) is 37.7 Å². The molecule has 1 unspecified atom stereocenters. The van der Waals surface area contributed by atoms with E-state index >= 15 is 0 Å². The first-order chi connectivity index (χ1) is 16.5. The van der Waals surface area contributed by atoms with Crippen LogP contribution in [0.4, 0.5) is 0 Å². The molecule has 5 aromatic rings. The van der Waals surface area contributed by atoms with Crippen molar-refractivity contribution < 1.29 is 14.3 Å². The highest BCUT2D eigenvalue weighted by Crippen LogP contribution is 2.32. The Bertz CT molecular complexity index is 1480. The minimum Gasteiger partial charge on any atom is -0.443 e. The van der Waals surface area contributed by atoms with Crippen LogP contribution in [0.2, 0.25) is 5.02 Å². The van der Waals surface area contributed by atoms with Gasteiger partial charge in [-0.1, -0.05) is 23.7 Å². The van der Waals surface area contributed by atoms with Crippen LogP contribution >= 0.6 is 22.9 Å². The number of nitrogens with zero attached hydrogens (tertiary/aromatic N) is 4.